The number of rotatable bonds is 8. The topological polar surface area (TPSA) is 65.1 Å². The minimum Gasteiger partial charge on any atom is -0.497 e. The lowest BCUT2D eigenvalue weighted by molar-refractivity contribution is -0.144. The summed E-state index contributed by atoms with van der Waals surface area (Å²) < 4.78 is 16.1. The summed E-state index contributed by atoms with van der Waals surface area (Å²) >= 11 is 0. The Morgan fingerprint density at radius 3 is 2.34 bits per heavy atom. The number of methoxy groups -OCH3 is 1. The van der Waals surface area contributed by atoms with Gasteiger partial charge >= 0.3 is 12.1 Å². The lowest BCUT2D eigenvalue weighted by atomic mass is 10.0. The standard InChI is InChI=1S/C26H27NO5/c1-4-31-25(28)19(2)27(26(29)32-18-20-11-6-5-7-12-20)24-16-9-8-15-23(24)21-13-10-14-22(17-21)30-3/h5-17,19H,4,18H2,1-3H3/t19-/m0/s1. The van der Waals surface area contributed by atoms with E-state index in [1.54, 1.807) is 27.0 Å². The largest absolute Gasteiger partial charge is 0.497 e. The fourth-order valence-electron chi connectivity index (χ4n) is 3.34. The number of benzene rings is 3. The number of hydrogen-bond donors (Lipinski definition) is 0. The number of carbonyl (C=O) groups is 2. The van der Waals surface area contributed by atoms with Crippen molar-refractivity contribution >= 4 is 17.7 Å². The second kappa shape index (κ2) is 11.0. The molecule has 166 valence electrons. The molecular formula is C26H27NO5. The molecule has 0 spiro atoms. The molecule has 0 aromatic heterocycles. The van der Waals surface area contributed by atoms with Crippen LogP contribution in [0.5, 0.6) is 5.75 Å². The van der Waals surface area contributed by atoms with Gasteiger partial charge in [-0.05, 0) is 43.2 Å². The Labute approximate surface area is 188 Å². The summed E-state index contributed by atoms with van der Waals surface area (Å²) in [6.45, 7) is 3.66. The van der Waals surface area contributed by atoms with E-state index in [4.69, 9.17) is 14.2 Å². The molecule has 3 rings (SSSR count). The first-order valence-corrected chi connectivity index (χ1v) is 10.4. The van der Waals surface area contributed by atoms with E-state index in [0.29, 0.717) is 11.4 Å². The quantitative estimate of drug-likeness (QED) is 0.442. The maximum atomic E-state index is 13.2. The Kier molecular flexibility index (Phi) is 7.86. The van der Waals surface area contributed by atoms with E-state index < -0.39 is 18.1 Å². The first-order chi connectivity index (χ1) is 15.5. The van der Waals surface area contributed by atoms with Crippen molar-refractivity contribution in [3.63, 3.8) is 0 Å². The first-order valence-electron chi connectivity index (χ1n) is 10.4. The van der Waals surface area contributed by atoms with Gasteiger partial charge in [-0.3, -0.25) is 4.90 Å². The Bertz CT molecular complexity index is 1050. The molecule has 0 saturated heterocycles. The van der Waals surface area contributed by atoms with Crippen LogP contribution < -0.4 is 9.64 Å². The van der Waals surface area contributed by atoms with Crippen molar-refractivity contribution in [3.05, 3.63) is 84.4 Å². The second-order valence-corrected chi connectivity index (χ2v) is 7.09. The molecule has 0 aliphatic heterocycles. The van der Waals surface area contributed by atoms with Gasteiger partial charge in [0.15, 0.2) is 0 Å². The molecule has 0 N–H and O–H groups in total. The maximum Gasteiger partial charge on any atom is 0.415 e. The van der Waals surface area contributed by atoms with Gasteiger partial charge in [-0.2, -0.15) is 0 Å². The highest BCUT2D eigenvalue weighted by atomic mass is 16.6. The summed E-state index contributed by atoms with van der Waals surface area (Å²) in [5.41, 5.74) is 3.00. The zero-order valence-electron chi connectivity index (χ0n) is 18.5. The van der Waals surface area contributed by atoms with Crippen molar-refractivity contribution in [2.75, 3.05) is 18.6 Å². The van der Waals surface area contributed by atoms with Gasteiger partial charge in [0.25, 0.3) is 0 Å². The average Bonchev–Trinajstić information content (AvgIpc) is 2.84. The second-order valence-electron chi connectivity index (χ2n) is 7.09. The third-order valence-corrected chi connectivity index (χ3v) is 4.96. The van der Waals surface area contributed by atoms with E-state index in [-0.39, 0.29) is 13.2 Å². The third-order valence-electron chi connectivity index (χ3n) is 4.96. The van der Waals surface area contributed by atoms with E-state index in [9.17, 15) is 9.59 Å². The van der Waals surface area contributed by atoms with Gasteiger partial charge < -0.3 is 14.2 Å². The molecule has 0 radical (unpaired) electrons. The number of hydrogen-bond acceptors (Lipinski definition) is 5. The van der Waals surface area contributed by atoms with E-state index in [1.165, 1.54) is 4.90 Å². The summed E-state index contributed by atoms with van der Waals surface area (Å²) in [5, 5.41) is 0. The first kappa shape index (κ1) is 22.9. The number of esters is 1. The molecule has 6 nitrogen and oxygen atoms in total. The van der Waals surface area contributed by atoms with Crippen molar-refractivity contribution in [2.45, 2.75) is 26.5 Å². The minimum absolute atomic E-state index is 0.0903. The molecule has 1 amide bonds. The molecule has 0 heterocycles. The lowest BCUT2D eigenvalue weighted by Gasteiger charge is -2.29. The van der Waals surface area contributed by atoms with Crippen LogP contribution in [0.1, 0.15) is 19.4 Å². The molecule has 0 saturated carbocycles. The van der Waals surface area contributed by atoms with Crippen molar-refractivity contribution in [2.24, 2.45) is 0 Å². The Hall–Kier alpha value is -3.80. The predicted octanol–water partition coefficient (Wildman–Crippen LogP) is 5.46. The van der Waals surface area contributed by atoms with Crippen LogP contribution in [0.3, 0.4) is 0 Å². The van der Waals surface area contributed by atoms with Crippen LogP contribution >= 0.6 is 0 Å². The molecule has 32 heavy (non-hydrogen) atoms. The molecule has 3 aromatic rings. The Balaban J connectivity index is 1.99. The number of para-hydroxylation sites is 1. The highest BCUT2D eigenvalue weighted by Crippen LogP contribution is 2.34. The number of ether oxygens (including phenoxy) is 3. The van der Waals surface area contributed by atoms with Crippen LogP contribution in [0.15, 0.2) is 78.9 Å². The fraction of sp³-hybridized carbons (Fsp3) is 0.231. The highest BCUT2D eigenvalue weighted by Gasteiger charge is 2.31. The van der Waals surface area contributed by atoms with Gasteiger partial charge in [0.05, 0.1) is 19.4 Å². The van der Waals surface area contributed by atoms with Gasteiger partial charge in [-0.25, -0.2) is 9.59 Å². The fourth-order valence-corrected chi connectivity index (χ4v) is 3.34. The normalized spacial score (nSPS) is 11.3. The zero-order valence-corrected chi connectivity index (χ0v) is 18.5. The van der Waals surface area contributed by atoms with Crippen LogP contribution in [0.4, 0.5) is 10.5 Å². The van der Waals surface area contributed by atoms with Crippen molar-refractivity contribution in [3.8, 4) is 16.9 Å². The summed E-state index contributed by atoms with van der Waals surface area (Å²) in [6.07, 6.45) is -0.634. The summed E-state index contributed by atoms with van der Waals surface area (Å²) in [7, 11) is 1.60. The summed E-state index contributed by atoms with van der Waals surface area (Å²) in [5.74, 6) is 0.179. The molecule has 0 unspecified atom stereocenters. The van der Waals surface area contributed by atoms with Crippen molar-refractivity contribution in [1.29, 1.82) is 0 Å². The molecule has 6 heteroatoms. The number of anilines is 1. The maximum absolute atomic E-state index is 13.2. The molecule has 1 atom stereocenters. The van der Waals surface area contributed by atoms with Gasteiger partial charge in [0.2, 0.25) is 0 Å². The van der Waals surface area contributed by atoms with Crippen LogP contribution in [0.25, 0.3) is 11.1 Å². The SMILES string of the molecule is CCOC(=O)[C@H](C)N(C(=O)OCc1ccccc1)c1ccccc1-c1cccc(OC)c1. The summed E-state index contributed by atoms with van der Waals surface area (Å²) in [4.78, 5) is 27.2. The smallest absolute Gasteiger partial charge is 0.415 e. The predicted molar refractivity (Wildman–Crippen MR) is 124 cm³/mol. The van der Waals surface area contributed by atoms with Gasteiger partial charge in [-0.15, -0.1) is 0 Å². The Morgan fingerprint density at radius 2 is 1.62 bits per heavy atom. The number of nitrogens with zero attached hydrogens (tertiary/aromatic N) is 1. The molecule has 0 bridgehead atoms. The van der Waals surface area contributed by atoms with E-state index in [1.807, 2.05) is 72.8 Å². The third kappa shape index (κ3) is 5.46. The van der Waals surface area contributed by atoms with E-state index >= 15 is 0 Å². The molecule has 3 aromatic carbocycles. The van der Waals surface area contributed by atoms with Crippen molar-refractivity contribution < 1.29 is 23.8 Å². The van der Waals surface area contributed by atoms with Crippen LogP contribution in [0.2, 0.25) is 0 Å². The van der Waals surface area contributed by atoms with Gasteiger partial charge in [-0.1, -0.05) is 60.7 Å². The number of amides is 1. The Morgan fingerprint density at radius 1 is 0.906 bits per heavy atom. The van der Waals surface area contributed by atoms with Crippen LogP contribution in [0, 0.1) is 0 Å². The zero-order chi connectivity index (χ0) is 22.9. The van der Waals surface area contributed by atoms with E-state index in [0.717, 1.165) is 16.7 Å². The van der Waals surface area contributed by atoms with Gasteiger partial charge in [0, 0.05) is 5.56 Å². The average molecular weight is 434 g/mol. The molecule has 0 aliphatic rings. The van der Waals surface area contributed by atoms with E-state index in [2.05, 4.69) is 0 Å². The number of carbonyl (C=O) groups excluding carboxylic acids is 2. The molecule has 0 aliphatic carbocycles. The monoisotopic (exact) mass is 433 g/mol. The molecule has 0 fully saturated rings. The van der Waals surface area contributed by atoms with Crippen LogP contribution in [-0.2, 0) is 20.9 Å². The highest BCUT2D eigenvalue weighted by molar-refractivity contribution is 5.99. The van der Waals surface area contributed by atoms with Crippen molar-refractivity contribution in [1.82, 2.24) is 0 Å². The summed E-state index contributed by atoms with van der Waals surface area (Å²) in [6, 6.07) is 23.4. The lowest BCUT2D eigenvalue weighted by Crippen LogP contribution is -2.45. The minimum atomic E-state index is -0.884. The van der Waals surface area contributed by atoms with Gasteiger partial charge in [0.1, 0.15) is 18.4 Å². The van der Waals surface area contributed by atoms with Crippen LogP contribution in [-0.4, -0.2) is 31.8 Å². The molecular weight excluding hydrogens is 406 g/mol.